The van der Waals surface area contributed by atoms with Crippen LogP contribution in [0.1, 0.15) is 56.2 Å². The summed E-state index contributed by atoms with van der Waals surface area (Å²) in [6.45, 7) is 6.02. The summed E-state index contributed by atoms with van der Waals surface area (Å²) < 4.78 is 0. The Hall–Kier alpha value is -1.91. The molecule has 26 heavy (non-hydrogen) atoms. The number of fused-ring (bicyclic) bond motifs is 3. The van der Waals surface area contributed by atoms with E-state index in [4.69, 9.17) is 4.98 Å². The summed E-state index contributed by atoms with van der Waals surface area (Å²) in [5, 5.41) is 0. The zero-order valence-corrected chi connectivity index (χ0v) is 15.7. The van der Waals surface area contributed by atoms with Gasteiger partial charge in [-0.1, -0.05) is 19.1 Å². The van der Waals surface area contributed by atoms with Crippen molar-refractivity contribution in [2.75, 3.05) is 31.1 Å². The molecule has 0 radical (unpaired) electrons. The van der Waals surface area contributed by atoms with Crippen molar-refractivity contribution >= 4 is 11.9 Å². The van der Waals surface area contributed by atoms with Crippen LogP contribution in [0.2, 0.25) is 0 Å². The van der Waals surface area contributed by atoms with Crippen molar-refractivity contribution in [2.45, 2.75) is 51.4 Å². The van der Waals surface area contributed by atoms with Crippen LogP contribution in [0.3, 0.4) is 0 Å². The van der Waals surface area contributed by atoms with Gasteiger partial charge in [-0.15, -0.1) is 0 Å². The highest BCUT2D eigenvalue weighted by atomic mass is 16.2. The van der Waals surface area contributed by atoms with E-state index in [2.05, 4.69) is 33.9 Å². The molecule has 1 aromatic heterocycles. The minimum atomic E-state index is -0.206. The average Bonchev–Trinajstić information content (AvgIpc) is 3.37. The van der Waals surface area contributed by atoms with Gasteiger partial charge in [0.05, 0.1) is 11.1 Å². The van der Waals surface area contributed by atoms with Gasteiger partial charge in [-0.2, -0.15) is 0 Å². The zero-order valence-electron chi connectivity index (χ0n) is 15.7. The highest BCUT2D eigenvalue weighted by Crippen LogP contribution is 2.44. The van der Waals surface area contributed by atoms with Gasteiger partial charge in [0.1, 0.15) is 0 Å². The van der Waals surface area contributed by atoms with Gasteiger partial charge in [0.25, 0.3) is 0 Å². The maximum absolute atomic E-state index is 13.2. The number of likely N-dealkylation sites (tertiary alicyclic amines) is 1. The molecule has 0 spiro atoms. The maximum Gasteiger partial charge on any atom is 0.228 e. The van der Waals surface area contributed by atoms with Crippen LogP contribution in [0.25, 0.3) is 0 Å². The lowest BCUT2D eigenvalue weighted by atomic mass is 9.77. The van der Waals surface area contributed by atoms with Crippen molar-refractivity contribution in [3.05, 3.63) is 29.6 Å². The summed E-state index contributed by atoms with van der Waals surface area (Å²) in [6.07, 6.45) is 12.8. The number of allylic oxidation sites excluding steroid dienone is 2. The van der Waals surface area contributed by atoms with Crippen LogP contribution in [-0.4, -0.2) is 47.0 Å². The van der Waals surface area contributed by atoms with Crippen molar-refractivity contribution in [3.63, 3.8) is 0 Å². The number of hydrogen-bond donors (Lipinski definition) is 0. The first kappa shape index (κ1) is 16.3. The van der Waals surface area contributed by atoms with Crippen LogP contribution < -0.4 is 4.90 Å². The average molecular weight is 352 g/mol. The number of aromatic nitrogens is 2. The third-order valence-electron chi connectivity index (χ3n) is 6.95. The van der Waals surface area contributed by atoms with Gasteiger partial charge in [0, 0.05) is 38.3 Å². The predicted octanol–water partition coefficient (Wildman–Crippen LogP) is 2.92. The first-order valence-corrected chi connectivity index (χ1v) is 10.2. The van der Waals surface area contributed by atoms with Crippen molar-refractivity contribution in [2.24, 2.45) is 11.3 Å². The van der Waals surface area contributed by atoms with Crippen LogP contribution in [-0.2, 0) is 11.2 Å². The van der Waals surface area contributed by atoms with Crippen molar-refractivity contribution < 1.29 is 4.79 Å². The van der Waals surface area contributed by atoms with E-state index >= 15 is 0 Å². The van der Waals surface area contributed by atoms with E-state index in [1.807, 2.05) is 6.20 Å². The van der Waals surface area contributed by atoms with E-state index in [0.717, 1.165) is 57.8 Å². The summed E-state index contributed by atoms with van der Waals surface area (Å²) in [5.41, 5.74) is 2.32. The van der Waals surface area contributed by atoms with E-state index in [9.17, 15) is 4.79 Å². The summed E-state index contributed by atoms with van der Waals surface area (Å²) in [5.74, 6) is 2.18. The Morgan fingerprint density at radius 2 is 2.08 bits per heavy atom. The lowest BCUT2D eigenvalue weighted by Gasteiger charge is -2.34. The molecule has 5 nitrogen and oxygen atoms in total. The molecule has 2 saturated heterocycles. The van der Waals surface area contributed by atoms with Crippen molar-refractivity contribution in [3.8, 4) is 0 Å². The Morgan fingerprint density at radius 3 is 2.85 bits per heavy atom. The number of hydrogen-bond acceptors (Lipinski definition) is 4. The molecule has 1 amide bonds. The molecular weight excluding hydrogens is 324 g/mol. The first-order chi connectivity index (χ1) is 12.6. The normalized spacial score (nSPS) is 32.8. The fourth-order valence-electron chi connectivity index (χ4n) is 5.34. The monoisotopic (exact) mass is 352 g/mol. The maximum atomic E-state index is 13.2. The van der Waals surface area contributed by atoms with E-state index in [1.165, 1.54) is 24.1 Å². The molecule has 3 unspecified atom stereocenters. The summed E-state index contributed by atoms with van der Waals surface area (Å²) in [6, 6.07) is 0. The third-order valence-corrected chi connectivity index (χ3v) is 6.95. The Balaban J connectivity index is 1.35. The summed E-state index contributed by atoms with van der Waals surface area (Å²) in [4.78, 5) is 27.2. The minimum Gasteiger partial charge on any atom is -0.341 e. The molecule has 0 aromatic carbocycles. The highest BCUT2D eigenvalue weighted by Gasteiger charge is 2.46. The lowest BCUT2D eigenvalue weighted by molar-refractivity contribution is -0.140. The molecule has 2 fully saturated rings. The minimum absolute atomic E-state index is 0.206. The van der Waals surface area contributed by atoms with Crippen LogP contribution in [0, 0.1) is 11.3 Å². The second kappa shape index (κ2) is 6.07. The topological polar surface area (TPSA) is 49.3 Å². The van der Waals surface area contributed by atoms with Gasteiger partial charge < -0.3 is 9.80 Å². The van der Waals surface area contributed by atoms with Crippen LogP contribution >= 0.6 is 0 Å². The van der Waals surface area contributed by atoms with Gasteiger partial charge in [-0.05, 0) is 50.0 Å². The molecule has 4 aliphatic rings. The van der Waals surface area contributed by atoms with E-state index in [0.29, 0.717) is 17.7 Å². The predicted molar refractivity (Wildman–Crippen MR) is 101 cm³/mol. The van der Waals surface area contributed by atoms with E-state index in [-0.39, 0.29) is 5.41 Å². The quantitative estimate of drug-likeness (QED) is 0.768. The Labute approximate surface area is 155 Å². The second-order valence-electron chi connectivity index (χ2n) is 8.83. The van der Waals surface area contributed by atoms with Crippen molar-refractivity contribution in [1.82, 2.24) is 14.9 Å². The molecule has 5 rings (SSSR count). The number of carbonyl (C=O) groups excluding carboxylic acids is 1. The molecule has 0 N–H and O–H groups in total. The molecular formula is C21H28N4O. The molecule has 2 aliphatic carbocycles. The molecule has 2 aliphatic heterocycles. The van der Waals surface area contributed by atoms with Gasteiger partial charge in [-0.3, -0.25) is 4.79 Å². The molecule has 3 atom stereocenters. The Morgan fingerprint density at radius 1 is 1.23 bits per heavy atom. The fourth-order valence-corrected chi connectivity index (χ4v) is 5.34. The standard InChI is InChI=1S/C21H28N4O/c1-21(7-3-2-4-8-21)19(26)25-13-16-11-15-12-22-20(24-9-5-6-10-24)23-18(15)17(16)14-25/h2-3,12,16-17H,4-11,13-14H2,1H3. The largest absolute Gasteiger partial charge is 0.341 e. The number of nitrogens with zero attached hydrogens (tertiary/aromatic N) is 4. The number of amides is 1. The summed E-state index contributed by atoms with van der Waals surface area (Å²) >= 11 is 0. The smallest absolute Gasteiger partial charge is 0.228 e. The number of anilines is 1. The highest BCUT2D eigenvalue weighted by molar-refractivity contribution is 5.83. The molecule has 1 aromatic rings. The lowest BCUT2D eigenvalue weighted by Crippen LogP contribution is -2.42. The molecule has 138 valence electrons. The Kier molecular flexibility index (Phi) is 3.80. The van der Waals surface area contributed by atoms with Crippen LogP contribution in [0.4, 0.5) is 5.95 Å². The Bertz CT molecular complexity index is 754. The molecule has 0 saturated carbocycles. The van der Waals surface area contributed by atoms with Crippen LogP contribution in [0.5, 0.6) is 0 Å². The third kappa shape index (κ3) is 2.55. The first-order valence-electron chi connectivity index (χ1n) is 10.2. The van der Waals surface area contributed by atoms with E-state index < -0.39 is 0 Å². The molecule has 5 heteroatoms. The number of rotatable bonds is 2. The zero-order chi connectivity index (χ0) is 17.7. The van der Waals surface area contributed by atoms with Crippen molar-refractivity contribution in [1.29, 1.82) is 0 Å². The van der Waals surface area contributed by atoms with Gasteiger partial charge >= 0.3 is 0 Å². The van der Waals surface area contributed by atoms with Gasteiger partial charge in [0.2, 0.25) is 11.9 Å². The van der Waals surface area contributed by atoms with Gasteiger partial charge in [0.15, 0.2) is 0 Å². The molecule has 0 bridgehead atoms. The van der Waals surface area contributed by atoms with Gasteiger partial charge in [-0.25, -0.2) is 9.97 Å². The second-order valence-corrected chi connectivity index (χ2v) is 8.83. The fraction of sp³-hybridized carbons (Fsp3) is 0.667. The molecule has 3 heterocycles. The van der Waals surface area contributed by atoms with Crippen LogP contribution in [0.15, 0.2) is 18.3 Å². The number of carbonyl (C=O) groups is 1. The van der Waals surface area contributed by atoms with E-state index in [1.54, 1.807) is 0 Å². The SMILES string of the molecule is CC1(C(=O)N2CC3Cc4cnc(N5CCCC5)nc4C3C2)CC=CCC1. The summed E-state index contributed by atoms with van der Waals surface area (Å²) in [7, 11) is 0.